The van der Waals surface area contributed by atoms with Crippen LogP contribution in [0.5, 0.6) is 0 Å². The predicted octanol–water partition coefficient (Wildman–Crippen LogP) is 2.99. The van der Waals surface area contributed by atoms with E-state index in [1.165, 1.54) is 29.7 Å². The SMILES string of the molecule is CCNCCc1ccc(CN2CCC=C(C)C2)cc1. The third kappa shape index (κ3) is 4.81. The Morgan fingerprint density at radius 3 is 2.58 bits per heavy atom. The predicted molar refractivity (Wildman–Crippen MR) is 82.3 cm³/mol. The number of nitrogens with one attached hydrogen (secondary N) is 1. The minimum absolute atomic E-state index is 1.06. The second-order valence-electron chi connectivity index (χ2n) is 5.47. The molecule has 2 heteroatoms. The lowest BCUT2D eigenvalue weighted by molar-refractivity contribution is 0.282. The molecule has 1 N–H and O–H groups in total. The standard InChI is InChI=1S/C17H26N2/c1-3-18-11-10-16-6-8-17(9-7-16)14-19-12-4-5-15(2)13-19/h5-9,18H,3-4,10-14H2,1-2H3. The van der Waals surface area contributed by atoms with Crippen molar-refractivity contribution < 1.29 is 0 Å². The molecule has 2 rings (SSSR count). The summed E-state index contributed by atoms with van der Waals surface area (Å²) < 4.78 is 0. The monoisotopic (exact) mass is 258 g/mol. The molecule has 1 aromatic rings. The van der Waals surface area contributed by atoms with Gasteiger partial charge in [-0.15, -0.1) is 0 Å². The molecule has 0 fully saturated rings. The van der Waals surface area contributed by atoms with E-state index in [2.05, 4.69) is 54.4 Å². The minimum Gasteiger partial charge on any atom is -0.317 e. The molecule has 0 unspecified atom stereocenters. The van der Waals surface area contributed by atoms with Crippen molar-refractivity contribution >= 4 is 0 Å². The second kappa shape index (κ2) is 7.46. The van der Waals surface area contributed by atoms with Crippen LogP contribution in [-0.2, 0) is 13.0 Å². The van der Waals surface area contributed by atoms with Crippen LogP contribution in [0, 0.1) is 0 Å². The van der Waals surface area contributed by atoms with Gasteiger partial charge in [-0.05, 0) is 44.0 Å². The van der Waals surface area contributed by atoms with E-state index in [1.807, 2.05) is 0 Å². The number of rotatable bonds is 6. The van der Waals surface area contributed by atoms with Crippen LogP contribution in [0.4, 0.5) is 0 Å². The van der Waals surface area contributed by atoms with Gasteiger partial charge in [-0.1, -0.05) is 42.8 Å². The molecule has 19 heavy (non-hydrogen) atoms. The molecule has 2 nitrogen and oxygen atoms in total. The summed E-state index contributed by atoms with van der Waals surface area (Å²) in [6.07, 6.45) is 4.69. The number of benzene rings is 1. The highest BCUT2D eigenvalue weighted by atomic mass is 15.1. The van der Waals surface area contributed by atoms with Gasteiger partial charge in [0.15, 0.2) is 0 Å². The summed E-state index contributed by atoms with van der Waals surface area (Å²) in [5.41, 5.74) is 4.37. The van der Waals surface area contributed by atoms with Crippen LogP contribution in [0.3, 0.4) is 0 Å². The van der Waals surface area contributed by atoms with Gasteiger partial charge in [0.1, 0.15) is 0 Å². The molecule has 0 radical (unpaired) electrons. The summed E-state index contributed by atoms with van der Waals surface area (Å²) in [5, 5.41) is 3.37. The Balaban J connectivity index is 1.83. The minimum atomic E-state index is 1.06. The second-order valence-corrected chi connectivity index (χ2v) is 5.47. The highest BCUT2D eigenvalue weighted by Gasteiger charge is 2.09. The first-order valence-electron chi connectivity index (χ1n) is 7.44. The average molecular weight is 258 g/mol. The molecular weight excluding hydrogens is 232 g/mol. The first-order valence-corrected chi connectivity index (χ1v) is 7.44. The zero-order valence-electron chi connectivity index (χ0n) is 12.3. The van der Waals surface area contributed by atoms with E-state index in [-0.39, 0.29) is 0 Å². The van der Waals surface area contributed by atoms with Crippen LogP contribution in [0.1, 0.15) is 31.4 Å². The van der Waals surface area contributed by atoms with Crippen molar-refractivity contribution in [2.45, 2.75) is 33.2 Å². The fourth-order valence-electron chi connectivity index (χ4n) is 2.60. The average Bonchev–Trinajstić information content (AvgIpc) is 2.41. The van der Waals surface area contributed by atoms with Gasteiger partial charge in [-0.25, -0.2) is 0 Å². The fraction of sp³-hybridized carbons (Fsp3) is 0.529. The topological polar surface area (TPSA) is 15.3 Å². The molecule has 0 saturated carbocycles. The maximum atomic E-state index is 3.37. The van der Waals surface area contributed by atoms with Crippen LogP contribution < -0.4 is 5.32 Å². The highest BCUT2D eigenvalue weighted by molar-refractivity contribution is 5.23. The van der Waals surface area contributed by atoms with E-state index in [0.29, 0.717) is 0 Å². The van der Waals surface area contributed by atoms with Crippen molar-refractivity contribution in [1.82, 2.24) is 10.2 Å². The Hall–Kier alpha value is -1.12. The van der Waals surface area contributed by atoms with E-state index in [0.717, 1.165) is 32.6 Å². The van der Waals surface area contributed by atoms with Crippen molar-refractivity contribution in [3.05, 3.63) is 47.0 Å². The van der Waals surface area contributed by atoms with Gasteiger partial charge in [0.25, 0.3) is 0 Å². The molecule has 1 heterocycles. The van der Waals surface area contributed by atoms with E-state index < -0.39 is 0 Å². The Morgan fingerprint density at radius 1 is 1.16 bits per heavy atom. The van der Waals surface area contributed by atoms with Crippen LogP contribution in [-0.4, -0.2) is 31.1 Å². The Kier molecular flexibility index (Phi) is 5.62. The van der Waals surface area contributed by atoms with Crippen molar-refractivity contribution in [3.8, 4) is 0 Å². The van der Waals surface area contributed by atoms with E-state index in [1.54, 1.807) is 0 Å². The Bertz CT molecular complexity index is 406. The highest BCUT2D eigenvalue weighted by Crippen LogP contribution is 2.13. The molecule has 0 bridgehead atoms. The van der Waals surface area contributed by atoms with Crippen LogP contribution >= 0.6 is 0 Å². The number of hydrogen-bond acceptors (Lipinski definition) is 2. The van der Waals surface area contributed by atoms with Gasteiger partial charge >= 0.3 is 0 Å². The smallest absolute Gasteiger partial charge is 0.0237 e. The number of likely N-dealkylation sites (N-methyl/N-ethyl adjacent to an activating group) is 1. The fourth-order valence-corrected chi connectivity index (χ4v) is 2.60. The van der Waals surface area contributed by atoms with Crippen LogP contribution in [0.2, 0.25) is 0 Å². The summed E-state index contributed by atoms with van der Waals surface area (Å²) in [7, 11) is 0. The van der Waals surface area contributed by atoms with Crippen molar-refractivity contribution in [3.63, 3.8) is 0 Å². The maximum Gasteiger partial charge on any atom is 0.0237 e. The Labute approximate surface area is 117 Å². The summed E-state index contributed by atoms with van der Waals surface area (Å²) >= 11 is 0. The summed E-state index contributed by atoms with van der Waals surface area (Å²) in [5.74, 6) is 0. The molecular formula is C17H26N2. The van der Waals surface area contributed by atoms with Gasteiger partial charge in [0.05, 0.1) is 0 Å². The molecule has 104 valence electrons. The third-order valence-electron chi connectivity index (χ3n) is 3.68. The third-order valence-corrected chi connectivity index (χ3v) is 3.68. The van der Waals surface area contributed by atoms with Crippen LogP contribution in [0.15, 0.2) is 35.9 Å². The summed E-state index contributed by atoms with van der Waals surface area (Å²) in [6, 6.07) is 9.13. The molecule has 1 aliphatic rings. The Morgan fingerprint density at radius 2 is 1.89 bits per heavy atom. The number of nitrogens with zero attached hydrogens (tertiary/aromatic N) is 1. The first-order chi connectivity index (χ1) is 9.28. The van der Waals surface area contributed by atoms with Gasteiger partial charge in [-0.2, -0.15) is 0 Å². The molecule has 0 amide bonds. The number of hydrogen-bond donors (Lipinski definition) is 1. The summed E-state index contributed by atoms with van der Waals surface area (Å²) in [4.78, 5) is 2.53. The first kappa shape index (κ1) is 14.3. The van der Waals surface area contributed by atoms with Crippen molar-refractivity contribution in [2.75, 3.05) is 26.2 Å². The van der Waals surface area contributed by atoms with Gasteiger partial charge in [0.2, 0.25) is 0 Å². The largest absolute Gasteiger partial charge is 0.317 e. The quantitative estimate of drug-likeness (QED) is 0.623. The zero-order chi connectivity index (χ0) is 13.5. The normalized spacial score (nSPS) is 16.4. The maximum absolute atomic E-state index is 3.37. The van der Waals surface area contributed by atoms with E-state index in [9.17, 15) is 0 Å². The van der Waals surface area contributed by atoms with Crippen LogP contribution in [0.25, 0.3) is 0 Å². The van der Waals surface area contributed by atoms with Crippen molar-refractivity contribution in [2.24, 2.45) is 0 Å². The molecule has 0 atom stereocenters. The lowest BCUT2D eigenvalue weighted by Crippen LogP contribution is -2.28. The summed E-state index contributed by atoms with van der Waals surface area (Å²) in [6.45, 7) is 9.92. The van der Waals surface area contributed by atoms with Gasteiger partial charge in [0, 0.05) is 19.6 Å². The van der Waals surface area contributed by atoms with Crippen molar-refractivity contribution in [1.29, 1.82) is 0 Å². The lowest BCUT2D eigenvalue weighted by Gasteiger charge is -2.26. The molecule has 0 spiro atoms. The van der Waals surface area contributed by atoms with E-state index in [4.69, 9.17) is 0 Å². The molecule has 1 aromatic carbocycles. The molecule has 0 saturated heterocycles. The molecule has 0 aromatic heterocycles. The van der Waals surface area contributed by atoms with Gasteiger partial charge < -0.3 is 5.32 Å². The van der Waals surface area contributed by atoms with Gasteiger partial charge in [-0.3, -0.25) is 4.90 Å². The molecule has 0 aliphatic carbocycles. The zero-order valence-corrected chi connectivity index (χ0v) is 12.3. The van der Waals surface area contributed by atoms with E-state index >= 15 is 0 Å². The lowest BCUT2D eigenvalue weighted by atomic mass is 10.1. The molecule has 1 aliphatic heterocycles.